The molecule has 1 saturated carbocycles. The molecule has 1 aliphatic carbocycles. The highest BCUT2D eigenvalue weighted by molar-refractivity contribution is 4.74. The SMILES string of the molecule is CC(C)C1CCC(CNO)CC1. The summed E-state index contributed by atoms with van der Waals surface area (Å²) in [6.45, 7) is 5.41. The molecule has 0 atom stereocenters. The molecule has 0 aliphatic heterocycles. The lowest BCUT2D eigenvalue weighted by Crippen LogP contribution is -2.25. The van der Waals surface area contributed by atoms with Gasteiger partial charge in [0.1, 0.15) is 0 Å². The van der Waals surface area contributed by atoms with E-state index in [9.17, 15) is 0 Å². The third kappa shape index (κ3) is 2.76. The van der Waals surface area contributed by atoms with Crippen molar-refractivity contribution in [2.75, 3.05) is 6.54 Å². The van der Waals surface area contributed by atoms with E-state index in [1.807, 2.05) is 0 Å². The lowest BCUT2D eigenvalue weighted by Gasteiger charge is -2.30. The van der Waals surface area contributed by atoms with E-state index < -0.39 is 0 Å². The molecule has 0 heterocycles. The van der Waals surface area contributed by atoms with Gasteiger partial charge in [-0.05, 0) is 43.4 Å². The van der Waals surface area contributed by atoms with E-state index in [2.05, 4.69) is 19.3 Å². The maximum absolute atomic E-state index is 8.54. The van der Waals surface area contributed by atoms with Crippen LogP contribution in [-0.2, 0) is 0 Å². The average Bonchev–Trinajstić information content (AvgIpc) is 2.06. The molecule has 0 spiro atoms. The Labute approximate surface area is 75.3 Å². The fourth-order valence-corrected chi connectivity index (χ4v) is 2.19. The molecule has 0 aromatic carbocycles. The van der Waals surface area contributed by atoms with Gasteiger partial charge in [0.05, 0.1) is 0 Å². The van der Waals surface area contributed by atoms with E-state index in [1.54, 1.807) is 0 Å². The van der Waals surface area contributed by atoms with Gasteiger partial charge in [-0.2, -0.15) is 0 Å². The zero-order chi connectivity index (χ0) is 8.97. The van der Waals surface area contributed by atoms with Crippen molar-refractivity contribution in [1.29, 1.82) is 0 Å². The van der Waals surface area contributed by atoms with Gasteiger partial charge in [0.15, 0.2) is 0 Å². The second-order valence-corrected chi connectivity index (χ2v) is 4.39. The Morgan fingerprint density at radius 3 is 2.25 bits per heavy atom. The van der Waals surface area contributed by atoms with Crippen molar-refractivity contribution in [1.82, 2.24) is 5.48 Å². The summed E-state index contributed by atoms with van der Waals surface area (Å²) in [5.41, 5.74) is 2.28. The lowest BCUT2D eigenvalue weighted by atomic mass is 9.77. The largest absolute Gasteiger partial charge is 0.317 e. The monoisotopic (exact) mass is 171 g/mol. The van der Waals surface area contributed by atoms with Gasteiger partial charge in [-0.15, -0.1) is 0 Å². The Bertz CT molecular complexity index is 117. The fourth-order valence-electron chi connectivity index (χ4n) is 2.19. The van der Waals surface area contributed by atoms with Crippen LogP contribution >= 0.6 is 0 Å². The summed E-state index contributed by atoms with van der Waals surface area (Å²) in [7, 11) is 0. The molecule has 2 nitrogen and oxygen atoms in total. The maximum atomic E-state index is 8.54. The van der Waals surface area contributed by atoms with Crippen molar-refractivity contribution < 1.29 is 5.21 Å². The van der Waals surface area contributed by atoms with Gasteiger partial charge in [-0.25, -0.2) is 5.48 Å². The minimum absolute atomic E-state index is 0.713. The third-order valence-electron chi connectivity index (χ3n) is 3.21. The molecule has 0 amide bonds. The van der Waals surface area contributed by atoms with Crippen LogP contribution in [0.25, 0.3) is 0 Å². The van der Waals surface area contributed by atoms with Gasteiger partial charge in [-0.1, -0.05) is 13.8 Å². The second-order valence-electron chi connectivity index (χ2n) is 4.39. The first-order chi connectivity index (χ1) is 5.74. The molecule has 1 aliphatic rings. The number of nitrogens with one attached hydrogen (secondary N) is 1. The van der Waals surface area contributed by atoms with Crippen LogP contribution in [0.4, 0.5) is 0 Å². The highest BCUT2D eigenvalue weighted by Gasteiger charge is 2.22. The zero-order valence-corrected chi connectivity index (χ0v) is 8.21. The first kappa shape index (κ1) is 10.0. The molecular formula is C10H21NO. The van der Waals surface area contributed by atoms with E-state index in [1.165, 1.54) is 25.7 Å². The fraction of sp³-hybridized carbons (Fsp3) is 1.00. The van der Waals surface area contributed by atoms with Crippen LogP contribution in [0.3, 0.4) is 0 Å². The van der Waals surface area contributed by atoms with E-state index in [0.717, 1.165) is 18.4 Å². The van der Waals surface area contributed by atoms with Crippen molar-refractivity contribution in [3.8, 4) is 0 Å². The summed E-state index contributed by atoms with van der Waals surface area (Å²) in [5, 5.41) is 8.54. The first-order valence-electron chi connectivity index (χ1n) is 5.11. The van der Waals surface area contributed by atoms with Gasteiger partial charge in [0.2, 0.25) is 0 Å². The molecule has 1 rings (SSSR count). The van der Waals surface area contributed by atoms with E-state index >= 15 is 0 Å². The normalized spacial score (nSPS) is 31.0. The zero-order valence-electron chi connectivity index (χ0n) is 8.21. The average molecular weight is 171 g/mol. The Morgan fingerprint density at radius 1 is 1.25 bits per heavy atom. The Morgan fingerprint density at radius 2 is 1.83 bits per heavy atom. The number of hydrogen-bond donors (Lipinski definition) is 2. The molecule has 2 heteroatoms. The summed E-state index contributed by atoms with van der Waals surface area (Å²) < 4.78 is 0. The number of hydroxylamine groups is 1. The van der Waals surface area contributed by atoms with Crippen LogP contribution in [0.2, 0.25) is 0 Å². The van der Waals surface area contributed by atoms with E-state index in [4.69, 9.17) is 5.21 Å². The smallest absolute Gasteiger partial charge is 0.0235 e. The summed E-state index contributed by atoms with van der Waals surface area (Å²) in [5.74, 6) is 2.48. The summed E-state index contributed by atoms with van der Waals surface area (Å²) in [6.07, 6.45) is 5.28. The Kier molecular flexibility index (Phi) is 4.02. The number of hydrogen-bond acceptors (Lipinski definition) is 2. The van der Waals surface area contributed by atoms with Crippen LogP contribution in [0.15, 0.2) is 0 Å². The molecule has 0 bridgehead atoms. The summed E-state index contributed by atoms with van der Waals surface area (Å²) >= 11 is 0. The Balaban J connectivity index is 2.20. The molecule has 72 valence electrons. The molecular weight excluding hydrogens is 150 g/mol. The van der Waals surface area contributed by atoms with Crippen molar-refractivity contribution in [3.63, 3.8) is 0 Å². The standard InChI is InChI=1S/C10H21NO/c1-8(2)10-5-3-9(4-6-10)7-11-12/h8-12H,3-7H2,1-2H3. The highest BCUT2D eigenvalue weighted by atomic mass is 16.5. The van der Waals surface area contributed by atoms with Crippen molar-refractivity contribution in [2.45, 2.75) is 39.5 Å². The van der Waals surface area contributed by atoms with Crippen LogP contribution in [-0.4, -0.2) is 11.8 Å². The Hall–Kier alpha value is -0.0800. The van der Waals surface area contributed by atoms with Crippen molar-refractivity contribution in [2.24, 2.45) is 17.8 Å². The quantitative estimate of drug-likeness (QED) is 0.639. The van der Waals surface area contributed by atoms with Gasteiger partial charge < -0.3 is 5.21 Å². The van der Waals surface area contributed by atoms with Crippen LogP contribution in [0.1, 0.15) is 39.5 Å². The molecule has 0 saturated heterocycles. The van der Waals surface area contributed by atoms with Crippen LogP contribution < -0.4 is 5.48 Å². The van der Waals surface area contributed by atoms with Crippen molar-refractivity contribution >= 4 is 0 Å². The number of rotatable bonds is 3. The maximum Gasteiger partial charge on any atom is 0.0235 e. The van der Waals surface area contributed by atoms with E-state index in [-0.39, 0.29) is 0 Å². The summed E-state index contributed by atoms with van der Waals surface area (Å²) in [6, 6.07) is 0. The second kappa shape index (κ2) is 4.83. The molecule has 12 heavy (non-hydrogen) atoms. The third-order valence-corrected chi connectivity index (χ3v) is 3.21. The minimum Gasteiger partial charge on any atom is -0.317 e. The molecule has 0 aromatic heterocycles. The molecule has 1 fully saturated rings. The van der Waals surface area contributed by atoms with Crippen LogP contribution in [0.5, 0.6) is 0 Å². The topological polar surface area (TPSA) is 32.3 Å². The van der Waals surface area contributed by atoms with Gasteiger partial charge in [0.25, 0.3) is 0 Å². The predicted molar refractivity (Wildman–Crippen MR) is 50.1 cm³/mol. The molecule has 0 unspecified atom stereocenters. The highest BCUT2D eigenvalue weighted by Crippen LogP contribution is 2.32. The van der Waals surface area contributed by atoms with Gasteiger partial charge in [-0.3, -0.25) is 0 Å². The molecule has 0 aromatic rings. The van der Waals surface area contributed by atoms with Gasteiger partial charge >= 0.3 is 0 Å². The molecule has 2 N–H and O–H groups in total. The van der Waals surface area contributed by atoms with E-state index in [0.29, 0.717) is 5.92 Å². The summed E-state index contributed by atoms with van der Waals surface area (Å²) in [4.78, 5) is 0. The first-order valence-corrected chi connectivity index (χ1v) is 5.11. The van der Waals surface area contributed by atoms with Crippen LogP contribution in [0, 0.1) is 17.8 Å². The van der Waals surface area contributed by atoms with Gasteiger partial charge in [0, 0.05) is 6.54 Å². The van der Waals surface area contributed by atoms with Crippen molar-refractivity contribution in [3.05, 3.63) is 0 Å². The predicted octanol–water partition coefficient (Wildman–Crippen LogP) is 2.43. The minimum atomic E-state index is 0.713. The molecule has 0 radical (unpaired) electrons. The lowest BCUT2D eigenvalue weighted by molar-refractivity contribution is 0.125.